The molecule has 3 rings (SSSR count). The molecule has 0 spiro atoms. The van der Waals surface area contributed by atoms with Crippen molar-refractivity contribution in [3.8, 4) is 5.75 Å². The average molecular weight is 411 g/mol. The maximum absolute atomic E-state index is 12.5. The Hall–Kier alpha value is -3.04. The van der Waals surface area contributed by atoms with Gasteiger partial charge in [0.25, 0.3) is 11.5 Å². The standard InChI is InChI=1S/C19H20F3N3O4/c20-19(21,22)10-25-17(28)15(26)14(24-18(25)29)16(27)23-13-8-6-12(7-9-13)11-4-2-1-3-5-11/h1-5,12-13,26H,6-10H2,(H,23,27)(H,24,29). The third kappa shape index (κ3) is 4.87. The van der Waals surface area contributed by atoms with E-state index in [1.165, 1.54) is 5.56 Å². The first-order chi connectivity index (χ1) is 13.7. The summed E-state index contributed by atoms with van der Waals surface area (Å²) in [7, 11) is 0. The number of nitrogens with zero attached hydrogens (tertiary/aromatic N) is 1. The number of nitrogens with one attached hydrogen (secondary N) is 2. The van der Waals surface area contributed by atoms with Gasteiger partial charge in [-0.2, -0.15) is 13.2 Å². The first kappa shape index (κ1) is 20.7. The van der Waals surface area contributed by atoms with Crippen LogP contribution in [0.5, 0.6) is 5.75 Å². The minimum Gasteiger partial charge on any atom is -0.501 e. The van der Waals surface area contributed by atoms with Crippen LogP contribution in [0.1, 0.15) is 47.7 Å². The van der Waals surface area contributed by atoms with Gasteiger partial charge in [-0.05, 0) is 37.2 Å². The fourth-order valence-electron chi connectivity index (χ4n) is 3.60. The van der Waals surface area contributed by atoms with Gasteiger partial charge >= 0.3 is 11.9 Å². The minimum absolute atomic E-state index is 0.197. The molecule has 3 N–H and O–H groups in total. The van der Waals surface area contributed by atoms with Crippen molar-refractivity contribution < 1.29 is 23.1 Å². The van der Waals surface area contributed by atoms with E-state index in [9.17, 15) is 32.7 Å². The number of aromatic hydroxyl groups is 1. The SMILES string of the molecule is O=C(NC1CCC(c2ccccc2)CC1)c1[nH]c(=O)n(CC(F)(F)F)c(=O)c1O. The fourth-order valence-corrected chi connectivity index (χ4v) is 3.60. The highest BCUT2D eigenvalue weighted by molar-refractivity contribution is 5.94. The van der Waals surface area contributed by atoms with Gasteiger partial charge in [-0.3, -0.25) is 14.6 Å². The number of carbonyl (C=O) groups excluding carboxylic acids is 1. The quantitative estimate of drug-likeness (QED) is 0.718. The van der Waals surface area contributed by atoms with Crippen molar-refractivity contribution >= 4 is 5.91 Å². The lowest BCUT2D eigenvalue weighted by molar-refractivity contribution is -0.141. The molecular weight excluding hydrogens is 391 g/mol. The number of benzene rings is 1. The molecule has 1 aliphatic rings. The summed E-state index contributed by atoms with van der Waals surface area (Å²) in [6, 6.07) is 9.71. The van der Waals surface area contributed by atoms with Crippen molar-refractivity contribution in [1.29, 1.82) is 0 Å². The van der Waals surface area contributed by atoms with Crippen molar-refractivity contribution in [2.45, 2.75) is 50.4 Å². The van der Waals surface area contributed by atoms with Crippen molar-refractivity contribution in [2.75, 3.05) is 0 Å². The number of aromatic amines is 1. The third-order valence-corrected chi connectivity index (χ3v) is 5.06. The van der Waals surface area contributed by atoms with Crippen LogP contribution in [0.4, 0.5) is 13.2 Å². The van der Waals surface area contributed by atoms with Gasteiger partial charge in [0.1, 0.15) is 6.54 Å². The van der Waals surface area contributed by atoms with Gasteiger partial charge < -0.3 is 10.4 Å². The Kier molecular flexibility index (Phi) is 5.81. The van der Waals surface area contributed by atoms with Gasteiger partial charge in [-0.15, -0.1) is 0 Å². The van der Waals surface area contributed by atoms with Gasteiger partial charge in [0.05, 0.1) is 0 Å². The van der Waals surface area contributed by atoms with Crippen LogP contribution >= 0.6 is 0 Å². The molecule has 0 radical (unpaired) electrons. The maximum atomic E-state index is 12.5. The highest BCUT2D eigenvalue weighted by atomic mass is 19.4. The van der Waals surface area contributed by atoms with E-state index in [1.54, 1.807) is 0 Å². The molecule has 2 aromatic rings. The molecule has 1 amide bonds. The van der Waals surface area contributed by atoms with E-state index < -0.39 is 41.3 Å². The van der Waals surface area contributed by atoms with Crippen LogP contribution in [-0.4, -0.2) is 32.8 Å². The molecule has 0 atom stereocenters. The van der Waals surface area contributed by atoms with Gasteiger partial charge in [-0.1, -0.05) is 30.3 Å². The average Bonchev–Trinajstić information content (AvgIpc) is 2.68. The van der Waals surface area contributed by atoms with E-state index in [-0.39, 0.29) is 10.6 Å². The summed E-state index contributed by atoms with van der Waals surface area (Å²) in [4.78, 5) is 38.0. The lowest BCUT2D eigenvalue weighted by atomic mass is 9.82. The predicted molar refractivity (Wildman–Crippen MR) is 97.9 cm³/mol. The molecule has 10 heteroatoms. The van der Waals surface area contributed by atoms with Crippen molar-refractivity contribution in [3.05, 3.63) is 62.4 Å². The van der Waals surface area contributed by atoms with Gasteiger partial charge in [-0.25, -0.2) is 9.36 Å². The summed E-state index contributed by atoms with van der Waals surface area (Å²) in [5, 5.41) is 12.5. The predicted octanol–water partition coefficient (Wildman–Crippen LogP) is 2.26. The summed E-state index contributed by atoms with van der Waals surface area (Å²) in [5.41, 5.74) is -2.50. The maximum Gasteiger partial charge on any atom is 0.406 e. The zero-order chi connectivity index (χ0) is 21.2. The van der Waals surface area contributed by atoms with Crippen molar-refractivity contribution in [1.82, 2.24) is 14.9 Å². The second kappa shape index (κ2) is 8.14. The highest BCUT2D eigenvalue weighted by Crippen LogP contribution is 2.32. The molecule has 1 aromatic heterocycles. The Bertz CT molecular complexity index is 990. The molecule has 156 valence electrons. The first-order valence-electron chi connectivity index (χ1n) is 9.14. The number of amides is 1. The number of rotatable bonds is 4. The smallest absolute Gasteiger partial charge is 0.406 e. The van der Waals surface area contributed by atoms with Crippen molar-refractivity contribution in [3.63, 3.8) is 0 Å². The number of hydrogen-bond acceptors (Lipinski definition) is 4. The number of halogens is 3. The molecule has 1 aliphatic carbocycles. The van der Waals surface area contributed by atoms with E-state index in [2.05, 4.69) is 5.32 Å². The van der Waals surface area contributed by atoms with E-state index in [0.717, 1.165) is 12.8 Å². The lowest BCUT2D eigenvalue weighted by Gasteiger charge is -2.29. The van der Waals surface area contributed by atoms with Gasteiger partial charge in [0.15, 0.2) is 5.69 Å². The Morgan fingerprint density at radius 3 is 2.34 bits per heavy atom. The lowest BCUT2D eigenvalue weighted by Crippen LogP contribution is -2.43. The topological polar surface area (TPSA) is 104 Å². The fraction of sp³-hybridized carbons (Fsp3) is 0.421. The molecule has 7 nitrogen and oxygen atoms in total. The largest absolute Gasteiger partial charge is 0.501 e. The first-order valence-corrected chi connectivity index (χ1v) is 9.14. The Balaban J connectivity index is 1.69. The van der Waals surface area contributed by atoms with E-state index in [0.29, 0.717) is 18.8 Å². The number of aromatic nitrogens is 2. The van der Waals surface area contributed by atoms with Crippen LogP contribution in [-0.2, 0) is 6.54 Å². The van der Waals surface area contributed by atoms with Gasteiger partial charge in [0, 0.05) is 6.04 Å². The normalized spacial score (nSPS) is 19.7. The molecular formula is C19H20F3N3O4. The summed E-state index contributed by atoms with van der Waals surface area (Å²) >= 11 is 0. The molecule has 0 aliphatic heterocycles. The zero-order valence-electron chi connectivity index (χ0n) is 15.3. The molecule has 0 unspecified atom stereocenters. The number of H-pyrrole nitrogens is 1. The molecule has 29 heavy (non-hydrogen) atoms. The summed E-state index contributed by atoms with van der Waals surface area (Å²) in [5.74, 6) is -1.76. The molecule has 1 heterocycles. The molecule has 1 aromatic carbocycles. The molecule has 0 bridgehead atoms. The Labute approximate surface area is 163 Å². The second-order valence-corrected chi connectivity index (χ2v) is 7.09. The number of carbonyl (C=O) groups is 1. The number of alkyl halides is 3. The summed E-state index contributed by atoms with van der Waals surface area (Å²) in [6.07, 6.45) is -1.87. The van der Waals surface area contributed by atoms with Crippen LogP contribution in [0.2, 0.25) is 0 Å². The molecule has 0 saturated heterocycles. The van der Waals surface area contributed by atoms with Crippen LogP contribution in [0, 0.1) is 0 Å². The molecule has 1 fully saturated rings. The van der Waals surface area contributed by atoms with E-state index in [1.807, 2.05) is 35.3 Å². The van der Waals surface area contributed by atoms with E-state index in [4.69, 9.17) is 0 Å². The monoisotopic (exact) mass is 411 g/mol. The van der Waals surface area contributed by atoms with Crippen molar-refractivity contribution in [2.24, 2.45) is 0 Å². The van der Waals surface area contributed by atoms with Crippen LogP contribution in [0.15, 0.2) is 39.9 Å². The zero-order valence-corrected chi connectivity index (χ0v) is 15.3. The Morgan fingerprint density at radius 1 is 1.14 bits per heavy atom. The number of hydrogen-bond donors (Lipinski definition) is 3. The molecule has 1 saturated carbocycles. The Morgan fingerprint density at radius 2 is 1.76 bits per heavy atom. The second-order valence-electron chi connectivity index (χ2n) is 7.09. The van der Waals surface area contributed by atoms with Crippen LogP contribution in [0.3, 0.4) is 0 Å². The summed E-state index contributed by atoms with van der Waals surface area (Å²) in [6.45, 7) is -1.86. The van der Waals surface area contributed by atoms with E-state index >= 15 is 0 Å². The van der Waals surface area contributed by atoms with Crippen LogP contribution < -0.4 is 16.6 Å². The van der Waals surface area contributed by atoms with Crippen LogP contribution in [0.25, 0.3) is 0 Å². The van der Waals surface area contributed by atoms with Gasteiger partial charge in [0.2, 0.25) is 5.75 Å². The third-order valence-electron chi connectivity index (χ3n) is 5.06. The highest BCUT2D eigenvalue weighted by Gasteiger charge is 2.32. The minimum atomic E-state index is -4.83. The summed E-state index contributed by atoms with van der Waals surface area (Å²) < 4.78 is 37.2.